The van der Waals surface area contributed by atoms with Gasteiger partial charge in [0.15, 0.2) is 5.78 Å². The SMILES string of the molecule is CCCCCCCCC[C@@H]1CC(=O)/C(=C(\O)CCC)C(=O)O1. The van der Waals surface area contributed by atoms with E-state index >= 15 is 0 Å². The van der Waals surface area contributed by atoms with Gasteiger partial charge in [-0.05, 0) is 19.3 Å². The number of ether oxygens (including phenoxy) is 1. The molecule has 1 atom stereocenters. The molecule has 22 heavy (non-hydrogen) atoms. The Morgan fingerprint density at radius 2 is 1.68 bits per heavy atom. The quantitative estimate of drug-likeness (QED) is 0.210. The second-order valence-electron chi connectivity index (χ2n) is 6.14. The number of rotatable bonds is 10. The van der Waals surface area contributed by atoms with Gasteiger partial charge in [0.1, 0.15) is 17.4 Å². The Morgan fingerprint density at radius 3 is 2.27 bits per heavy atom. The molecular weight excluding hydrogens is 280 g/mol. The molecular formula is C18H30O4. The fourth-order valence-electron chi connectivity index (χ4n) is 2.81. The van der Waals surface area contributed by atoms with E-state index in [0.29, 0.717) is 12.8 Å². The third-order valence-corrected chi connectivity index (χ3v) is 4.07. The minimum atomic E-state index is -0.643. The normalized spacial score (nSPS) is 20.9. The fourth-order valence-corrected chi connectivity index (χ4v) is 2.81. The van der Waals surface area contributed by atoms with E-state index in [1.54, 1.807) is 0 Å². The molecule has 0 aromatic heterocycles. The first-order chi connectivity index (χ1) is 10.6. The van der Waals surface area contributed by atoms with Crippen molar-refractivity contribution in [2.45, 2.75) is 90.6 Å². The molecule has 4 heteroatoms. The molecule has 1 N–H and O–H groups in total. The molecule has 1 heterocycles. The van der Waals surface area contributed by atoms with E-state index in [4.69, 9.17) is 4.74 Å². The van der Waals surface area contributed by atoms with Gasteiger partial charge in [-0.3, -0.25) is 4.79 Å². The van der Waals surface area contributed by atoms with Crippen molar-refractivity contribution in [2.75, 3.05) is 0 Å². The van der Waals surface area contributed by atoms with Crippen molar-refractivity contribution < 1.29 is 19.4 Å². The molecule has 0 amide bonds. The average molecular weight is 310 g/mol. The van der Waals surface area contributed by atoms with Crippen LogP contribution in [0.3, 0.4) is 0 Å². The molecule has 0 aliphatic carbocycles. The van der Waals surface area contributed by atoms with Crippen LogP contribution in [0, 0.1) is 0 Å². The fraction of sp³-hybridized carbons (Fsp3) is 0.778. The van der Waals surface area contributed by atoms with Crippen molar-refractivity contribution >= 4 is 11.8 Å². The molecule has 1 saturated heterocycles. The number of ketones is 1. The summed E-state index contributed by atoms with van der Waals surface area (Å²) in [5, 5.41) is 9.78. The van der Waals surface area contributed by atoms with Gasteiger partial charge in [-0.1, -0.05) is 52.4 Å². The topological polar surface area (TPSA) is 63.6 Å². The van der Waals surface area contributed by atoms with Crippen LogP contribution in [0.15, 0.2) is 11.3 Å². The van der Waals surface area contributed by atoms with Gasteiger partial charge in [0.25, 0.3) is 0 Å². The zero-order chi connectivity index (χ0) is 16.4. The number of cyclic esters (lactones) is 1. The second-order valence-corrected chi connectivity index (χ2v) is 6.14. The average Bonchev–Trinajstić information content (AvgIpc) is 2.46. The number of aliphatic hydroxyl groups is 1. The van der Waals surface area contributed by atoms with Crippen molar-refractivity contribution in [2.24, 2.45) is 0 Å². The Kier molecular flexibility index (Phi) is 8.86. The lowest BCUT2D eigenvalue weighted by Gasteiger charge is -2.23. The van der Waals surface area contributed by atoms with E-state index in [0.717, 1.165) is 19.3 Å². The first kappa shape index (κ1) is 18.7. The zero-order valence-corrected chi connectivity index (χ0v) is 14.0. The van der Waals surface area contributed by atoms with Gasteiger partial charge < -0.3 is 9.84 Å². The van der Waals surface area contributed by atoms with E-state index in [2.05, 4.69) is 6.92 Å². The van der Waals surface area contributed by atoms with Crippen LogP contribution in [-0.4, -0.2) is 23.0 Å². The molecule has 0 aromatic rings. The standard InChI is InChI=1S/C18H30O4/c1-3-5-6-7-8-9-10-12-14-13-16(20)17(18(21)22-14)15(19)11-4-2/h14,19H,3-13H2,1-2H3/b17-15+/t14-/m1/s1. The highest BCUT2D eigenvalue weighted by Crippen LogP contribution is 2.24. The molecule has 0 saturated carbocycles. The lowest BCUT2D eigenvalue weighted by Crippen LogP contribution is -2.33. The Morgan fingerprint density at radius 1 is 1.05 bits per heavy atom. The van der Waals surface area contributed by atoms with Gasteiger partial charge in [-0.15, -0.1) is 0 Å². The maximum atomic E-state index is 12.0. The minimum absolute atomic E-state index is 0.119. The van der Waals surface area contributed by atoms with Gasteiger partial charge in [-0.25, -0.2) is 4.79 Å². The van der Waals surface area contributed by atoms with Crippen LogP contribution in [0.25, 0.3) is 0 Å². The molecule has 0 radical (unpaired) electrons. The van der Waals surface area contributed by atoms with Crippen LogP contribution >= 0.6 is 0 Å². The summed E-state index contributed by atoms with van der Waals surface area (Å²) in [5.74, 6) is -1.03. The van der Waals surface area contributed by atoms with Gasteiger partial charge in [0.2, 0.25) is 0 Å². The predicted octanol–water partition coefficient (Wildman–Crippen LogP) is 4.62. The van der Waals surface area contributed by atoms with E-state index in [-0.39, 0.29) is 29.6 Å². The van der Waals surface area contributed by atoms with E-state index < -0.39 is 5.97 Å². The first-order valence-corrected chi connectivity index (χ1v) is 8.76. The van der Waals surface area contributed by atoms with Crippen molar-refractivity contribution in [3.05, 3.63) is 11.3 Å². The third kappa shape index (κ3) is 6.20. The summed E-state index contributed by atoms with van der Waals surface area (Å²) in [6.45, 7) is 4.09. The Hall–Kier alpha value is -1.32. The summed E-state index contributed by atoms with van der Waals surface area (Å²) >= 11 is 0. The van der Waals surface area contributed by atoms with E-state index in [1.165, 1.54) is 32.1 Å². The Bertz CT molecular complexity index is 378. The molecule has 4 nitrogen and oxygen atoms in total. The molecule has 1 rings (SSSR count). The zero-order valence-electron chi connectivity index (χ0n) is 14.0. The Labute approximate surface area is 133 Å². The number of unbranched alkanes of at least 4 members (excludes halogenated alkanes) is 6. The maximum Gasteiger partial charge on any atom is 0.345 e. The molecule has 126 valence electrons. The van der Waals surface area contributed by atoms with Crippen molar-refractivity contribution in [3.63, 3.8) is 0 Å². The molecule has 0 spiro atoms. The number of hydrogen-bond donors (Lipinski definition) is 1. The van der Waals surface area contributed by atoms with Crippen molar-refractivity contribution in [1.82, 2.24) is 0 Å². The number of aliphatic hydroxyl groups excluding tert-OH is 1. The van der Waals surface area contributed by atoms with E-state index in [1.807, 2.05) is 6.92 Å². The summed E-state index contributed by atoms with van der Waals surface area (Å²) in [7, 11) is 0. The minimum Gasteiger partial charge on any atom is -0.511 e. The molecule has 0 unspecified atom stereocenters. The molecule has 0 bridgehead atoms. The number of carbonyl (C=O) groups is 2. The van der Waals surface area contributed by atoms with Crippen LogP contribution in [-0.2, 0) is 14.3 Å². The molecule has 0 aromatic carbocycles. The van der Waals surface area contributed by atoms with E-state index in [9.17, 15) is 14.7 Å². The van der Waals surface area contributed by atoms with Crippen LogP contribution in [0.2, 0.25) is 0 Å². The van der Waals surface area contributed by atoms with Crippen molar-refractivity contribution in [3.8, 4) is 0 Å². The largest absolute Gasteiger partial charge is 0.511 e. The van der Waals surface area contributed by atoms with Gasteiger partial charge in [0.05, 0.1) is 0 Å². The van der Waals surface area contributed by atoms with Crippen LogP contribution < -0.4 is 0 Å². The Balaban J connectivity index is 2.31. The van der Waals surface area contributed by atoms with Crippen LogP contribution in [0.1, 0.15) is 84.5 Å². The third-order valence-electron chi connectivity index (χ3n) is 4.07. The number of esters is 1. The first-order valence-electron chi connectivity index (χ1n) is 8.76. The summed E-state index contributed by atoms with van der Waals surface area (Å²) in [4.78, 5) is 23.9. The number of hydrogen-bond acceptors (Lipinski definition) is 4. The lowest BCUT2D eigenvalue weighted by molar-refractivity contribution is -0.151. The highest BCUT2D eigenvalue weighted by Gasteiger charge is 2.34. The van der Waals surface area contributed by atoms with Gasteiger partial charge in [0, 0.05) is 12.8 Å². The maximum absolute atomic E-state index is 12.0. The van der Waals surface area contributed by atoms with Crippen molar-refractivity contribution in [1.29, 1.82) is 0 Å². The smallest absolute Gasteiger partial charge is 0.345 e. The number of allylic oxidation sites excluding steroid dienone is 1. The van der Waals surface area contributed by atoms with Gasteiger partial charge >= 0.3 is 5.97 Å². The number of Topliss-reactive ketones (excluding diaryl/α,β-unsaturated/α-hetero) is 1. The van der Waals surface area contributed by atoms with Gasteiger partial charge in [-0.2, -0.15) is 0 Å². The highest BCUT2D eigenvalue weighted by atomic mass is 16.5. The molecule has 1 aliphatic heterocycles. The number of carbonyl (C=O) groups excluding carboxylic acids is 2. The summed E-state index contributed by atoms with van der Waals surface area (Å²) in [6.07, 6.45) is 10.1. The second kappa shape index (κ2) is 10.4. The van der Waals surface area contributed by atoms with Crippen LogP contribution in [0.5, 0.6) is 0 Å². The summed E-state index contributed by atoms with van der Waals surface area (Å²) in [5.41, 5.74) is -0.127. The van der Waals surface area contributed by atoms with Crippen LogP contribution in [0.4, 0.5) is 0 Å². The highest BCUT2D eigenvalue weighted by molar-refractivity contribution is 6.19. The predicted molar refractivity (Wildman–Crippen MR) is 86.7 cm³/mol. The molecule has 1 aliphatic rings. The molecule has 1 fully saturated rings. The summed E-state index contributed by atoms with van der Waals surface area (Å²) in [6, 6.07) is 0. The summed E-state index contributed by atoms with van der Waals surface area (Å²) < 4.78 is 5.30. The monoisotopic (exact) mass is 310 g/mol. The lowest BCUT2D eigenvalue weighted by atomic mass is 9.96.